The van der Waals surface area contributed by atoms with Crippen molar-refractivity contribution in [3.8, 4) is 0 Å². The highest BCUT2D eigenvalue weighted by Crippen LogP contribution is 2.25. The van der Waals surface area contributed by atoms with Crippen LogP contribution in [0.1, 0.15) is 15.9 Å². The smallest absolute Gasteiger partial charge is 0.257 e. The Morgan fingerprint density at radius 3 is 2.56 bits per heavy atom. The van der Waals surface area contributed by atoms with Crippen LogP contribution in [0.15, 0.2) is 48.7 Å². The molecule has 0 bridgehead atoms. The lowest BCUT2D eigenvalue weighted by atomic mass is 10.2. The predicted octanol–water partition coefficient (Wildman–Crippen LogP) is 5.75. The topological polar surface area (TPSA) is 46.9 Å². The van der Waals surface area contributed by atoms with Gasteiger partial charge in [0.2, 0.25) is 0 Å². The van der Waals surface area contributed by atoms with Crippen molar-refractivity contribution in [2.75, 3.05) is 5.32 Å². The molecule has 0 spiro atoms. The van der Waals surface area contributed by atoms with Crippen molar-refractivity contribution >= 4 is 69.1 Å². The number of hydrogen-bond donors (Lipinski definition) is 1. The molecule has 1 aromatic heterocycles. The van der Waals surface area contributed by atoms with Gasteiger partial charge in [0.25, 0.3) is 5.91 Å². The number of anilines is 1. The lowest BCUT2D eigenvalue weighted by Crippen LogP contribution is -2.14. The molecule has 0 fully saturated rings. The van der Waals surface area contributed by atoms with Gasteiger partial charge in [-0.2, -0.15) is 5.10 Å². The van der Waals surface area contributed by atoms with E-state index in [1.165, 1.54) is 0 Å². The Morgan fingerprint density at radius 2 is 1.84 bits per heavy atom. The number of benzene rings is 2. The second-order valence-electron chi connectivity index (χ2n) is 5.21. The molecule has 1 amide bonds. The van der Waals surface area contributed by atoms with Crippen LogP contribution in [0.5, 0.6) is 0 Å². The van der Waals surface area contributed by atoms with Gasteiger partial charge in [-0.05, 0) is 52.4 Å². The van der Waals surface area contributed by atoms with Gasteiger partial charge in [-0.1, -0.05) is 53.0 Å². The average Bonchev–Trinajstić information content (AvgIpc) is 2.90. The van der Waals surface area contributed by atoms with Crippen molar-refractivity contribution < 1.29 is 4.79 Å². The molecule has 128 valence electrons. The summed E-state index contributed by atoms with van der Waals surface area (Å²) in [6, 6.07) is 12.6. The zero-order valence-electron chi connectivity index (χ0n) is 12.6. The second-order valence-corrected chi connectivity index (χ2v) is 7.59. The number of aromatic nitrogens is 2. The number of amides is 1. The standard InChI is InChI=1S/C17H11Cl3IN3O/c18-12-6-5-10(7-13(12)19)8-24-9-14(20)16(23-24)22-17(25)11-3-1-2-4-15(11)21/h1-7,9H,8H2,(H,22,23,25). The van der Waals surface area contributed by atoms with E-state index in [-0.39, 0.29) is 5.91 Å². The van der Waals surface area contributed by atoms with E-state index in [9.17, 15) is 4.79 Å². The van der Waals surface area contributed by atoms with E-state index in [0.29, 0.717) is 33.0 Å². The van der Waals surface area contributed by atoms with Crippen LogP contribution in [0.25, 0.3) is 0 Å². The zero-order valence-corrected chi connectivity index (χ0v) is 17.1. The van der Waals surface area contributed by atoms with Crippen molar-refractivity contribution in [1.82, 2.24) is 9.78 Å². The summed E-state index contributed by atoms with van der Waals surface area (Å²) in [5.74, 6) is 0.0538. The number of nitrogens with one attached hydrogen (secondary N) is 1. The van der Waals surface area contributed by atoms with E-state index in [1.54, 1.807) is 29.1 Å². The molecule has 0 aliphatic carbocycles. The quantitative estimate of drug-likeness (QED) is 0.458. The minimum atomic E-state index is -0.258. The van der Waals surface area contributed by atoms with Gasteiger partial charge in [-0.25, -0.2) is 0 Å². The number of nitrogens with zero attached hydrogens (tertiary/aromatic N) is 2. The average molecular weight is 507 g/mol. The fraction of sp³-hybridized carbons (Fsp3) is 0.0588. The zero-order chi connectivity index (χ0) is 18.0. The monoisotopic (exact) mass is 505 g/mol. The molecule has 0 atom stereocenters. The molecule has 0 radical (unpaired) electrons. The maximum atomic E-state index is 12.4. The minimum absolute atomic E-state index is 0.258. The van der Waals surface area contributed by atoms with Gasteiger partial charge in [0.05, 0.1) is 22.2 Å². The first-order chi connectivity index (χ1) is 11.9. The number of halogens is 4. The van der Waals surface area contributed by atoms with Crippen molar-refractivity contribution in [2.24, 2.45) is 0 Å². The molecule has 0 saturated carbocycles. The van der Waals surface area contributed by atoms with Gasteiger partial charge in [0, 0.05) is 9.77 Å². The number of hydrogen-bond acceptors (Lipinski definition) is 2. The Balaban J connectivity index is 1.77. The van der Waals surface area contributed by atoms with E-state index in [2.05, 4.69) is 33.0 Å². The van der Waals surface area contributed by atoms with Crippen LogP contribution in [0.4, 0.5) is 5.82 Å². The summed E-state index contributed by atoms with van der Waals surface area (Å²) in [7, 11) is 0. The summed E-state index contributed by atoms with van der Waals surface area (Å²) in [6.07, 6.45) is 1.65. The fourth-order valence-electron chi connectivity index (χ4n) is 2.21. The third kappa shape index (κ3) is 4.47. The molecule has 1 heterocycles. The van der Waals surface area contributed by atoms with Crippen molar-refractivity contribution in [3.05, 3.63) is 78.4 Å². The first kappa shape index (κ1) is 18.5. The second kappa shape index (κ2) is 7.95. The summed E-state index contributed by atoms with van der Waals surface area (Å²) in [6.45, 7) is 0.454. The van der Waals surface area contributed by atoms with Gasteiger partial charge in [0.15, 0.2) is 5.82 Å². The van der Waals surface area contributed by atoms with Crippen molar-refractivity contribution in [1.29, 1.82) is 0 Å². The maximum absolute atomic E-state index is 12.4. The molecular formula is C17H11Cl3IN3O. The first-order valence-electron chi connectivity index (χ1n) is 7.17. The van der Waals surface area contributed by atoms with Crippen LogP contribution >= 0.6 is 57.4 Å². The van der Waals surface area contributed by atoms with Crippen LogP contribution in [0.3, 0.4) is 0 Å². The Labute approximate surface area is 173 Å². The minimum Gasteiger partial charge on any atom is -0.304 e. The molecule has 3 aromatic rings. The molecule has 2 aromatic carbocycles. The number of carbonyl (C=O) groups is 1. The highest BCUT2D eigenvalue weighted by molar-refractivity contribution is 14.1. The van der Waals surface area contributed by atoms with E-state index < -0.39 is 0 Å². The third-order valence-electron chi connectivity index (χ3n) is 3.40. The van der Waals surface area contributed by atoms with E-state index in [1.807, 2.05) is 24.3 Å². The molecule has 0 aliphatic rings. The summed E-state index contributed by atoms with van der Waals surface area (Å²) >= 11 is 20.2. The molecule has 4 nitrogen and oxygen atoms in total. The summed E-state index contributed by atoms with van der Waals surface area (Å²) in [5.41, 5.74) is 1.49. The molecule has 8 heteroatoms. The summed E-state index contributed by atoms with van der Waals surface area (Å²) < 4.78 is 2.48. The lowest BCUT2D eigenvalue weighted by molar-refractivity contribution is 0.102. The number of rotatable bonds is 4. The molecule has 0 saturated heterocycles. The largest absolute Gasteiger partial charge is 0.304 e. The van der Waals surface area contributed by atoms with Crippen molar-refractivity contribution in [2.45, 2.75) is 6.54 Å². The summed E-state index contributed by atoms with van der Waals surface area (Å²) in [5, 5.41) is 8.40. The summed E-state index contributed by atoms with van der Waals surface area (Å²) in [4.78, 5) is 12.4. The SMILES string of the molecule is O=C(Nc1nn(Cc2ccc(Cl)c(Cl)c2)cc1Cl)c1ccccc1I. The van der Waals surface area contributed by atoms with Crippen LogP contribution < -0.4 is 5.32 Å². The molecule has 0 aliphatic heterocycles. The van der Waals surface area contributed by atoms with Crippen LogP contribution in [0.2, 0.25) is 15.1 Å². The predicted molar refractivity (Wildman–Crippen MR) is 110 cm³/mol. The number of carbonyl (C=O) groups excluding carboxylic acids is 1. The molecule has 0 unspecified atom stereocenters. The molecule has 1 N–H and O–H groups in total. The van der Waals surface area contributed by atoms with Gasteiger partial charge in [-0.15, -0.1) is 0 Å². The van der Waals surface area contributed by atoms with Crippen LogP contribution in [0, 0.1) is 3.57 Å². The van der Waals surface area contributed by atoms with Crippen LogP contribution in [-0.2, 0) is 6.54 Å². The molecular weight excluding hydrogens is 495 g/mol. The molecule has 3 rings (SSSR count). The van der Waals surface area contributed by atoms with Gasteiger partial charge >= 0.3 is 0 Å². The van der Waals surface area contributed by atoms with Crippen LogP contribution in [-0.4, -0.2) is 15.7 Å². The first-order valence-corrected chi connectivity index (χ1v) is 9.38. The highest BCUT2D eigenvalue weighted by atomic mass is 127. The molecule has 25 heavy (non-hydrogen) atoms. The van der Waals surface area contributed by atoms with Gasteiger partial charge in [-0.3, -0.25) is 9.48 Å². The van der Waals surface area contributed by atoms with E-state index in [4.69, 9.17) is 34.8 Å². The van der Waals surface area contributed by atoms with Crippen molar-refractivity contribution in [3.63, 3.8) is 0 Å². The lowest BCUT2D eigenvalue weighted by Gasteiger charge is -2.05. The normalized spacial score (nSPS) is 10.7. The van der Waals surface area contributed by atoms with Gasteiger partial charge < -0.3 is 5.32 Å². The Bertz CT molecular complexity index is 943. The Hall–Kier alpha value is -1.28. The Kier molecular flexibility index (Phi) is 5.89. The van der Waals surface area contributed by atoms with Gasteiger partial charge in [0.1, 0.15) is 5.02 Å². The Morgan fingerprint density at radius 1 is 1.08 bits per heavy atom. The van der Waals surface area contributed by atoms with E-state index >= 15 is 0 Å². The van der Waals surface area contributed by atoms with E-state index in [0.717, 1.165) is 9.13 Å². The fourth-order valence-corrected chi connectivity index (χ4v) is 3.36. The third-order valence-corrected chi connectivity index (χ3v) is 5.35. The highest BCUT2D eigenvalue weighted by Gasteiger charge is 2.14. The maximum Gasteiger partial charge on any atom is 0.257 e.